The van der Waals surface area contributed by atoms with E-state index in [9.17, 15) is 9.18 Å². The summed E-state index contributed by atoms with van der Waals surface area (Å²) in [5.41, 5.74) is 3.36. The van der Waals surface area contributed by atoms with Gasteiger partial charge in [0.1, 0.15) is 23.1 Å². The summed E-state index contributed by atoms with van der Waals surface area (Å²) in [4.78, 5) is 26.2. The van der Waals surface area contributed by atoms with Crippen molar-refractivity contribution in [3.63, 3.8) is 0 Å². The molecule has 0 radical (unpaired) electrons. The van der Waals surface area contributed by atoms with Gasteiger partial charge < -0.3 is 19.9 Å². The van der Waals surface area contributed by atoms with Crippen molar-refractivity contribution in [2.45, 2.75) is 0 Å². The van der Waals surface area contributed by atoms with E-state index in [1.54, 1.807) is 48.7 Å². The maximum absolute atomic E-state index is 13.5. The number of aromatic nitrogens is 3. The molecule has 0 spiro atoms. The van der Waals surface area contributed by atoms with E-state index in [2.05, 4.69) is 25.6 Å². The van der Waals surface area contributed by atoms with Gasteiger partial charge in [0.05, 0.1) is 44.2 Å². The number of amides is 1. The first-order valence-electron chi connectivity index (χ1n) is 9.66. The van der Waals surface area contributed by atoms with Crippen LogP contribution in [-0.4, -0.2) is 46.2 Å². The van der Waals surface area contributed by atoms with Crippen LogP contribution in [0.25, 0.3) is 22.3 Å². The molecule has 4 aromatic rings. The fraction of sp³-hybridized carbons (Fsp3) is 0.136. The lowest BCUT2D eigenvalue weighted by atomic mass is 10.1. The molecule has 1 amide bonds. The molecule has 9 heteroatoms. The molecule has 2 aromatic heterocycles. The van der Waals surface area contributed by atoms with Crippen LogP contribution in [0, 0.1) is 5.82 Å². The van der Waals surface area contributed by atoms with Crippen LogP contribution in [0.15, 0.2) is 54.9 Å². The largest absolute Gasteiger partial charge is 0.495 e. The number of methoxy groups -OCH3 is 1. The second-order valence-electron chi connectivity index (χ2n) is 7.16. The molecule has 0 atom stereocenters. The van der Waals surface area contributed by atoms with Gasteiger partial charge in [0.2, 0.25) is 0 Å². The molecule has 31 heavy (non-hydrogen) atoms. The van der Waals surface area contributed by atoms with E-state index in [1.165, 1.54) is 12.1 Å². The molecule has 1 fully saturated rings. The zero-order chi connectivity index (χ0) is 21.4. The molecule has 1 aliphatic heterocycles. The van der Waals surface area contributed by atoms with Crippen LogP contribution in [0.1, 0.15) is 10.4 Å². The summed E-state index contributed by atoms with van der Waals surface area (Å²) < 4.78 is 18.9. The highest BCUT2D eigenvalue weighted by molar-refractivity contribution is 5.95. The van der Waals surface area contributed by atoms with Crippen LogP contribution in [0.4, 0.5) is 15.9 Å². The Morgan fingerprint density at radius 2 is 2.03 bits per heavy atom. The standard InChI is InChI=1S/C22H19FN6O2/c1-31-20-8-13(22(30)29-11-25-12-29)2-4-17(20)27-21-10-24-9-19(28-21)18-7-14-6-15(23)3-5-16(14)26-18/h2-10,25-26H,11-12H2,1H3,(H,27,28). The number of hydrogen-bond donors (Lipinski definition) is 3. The molecular formula is C22H19FN6O2. The Morgan fingerprint density at radius 1 is 1.16 bits per heavy atom. The third kappa shape index (κ3) is 3.66. The van der Waals surface area contributed by atoms with Gasteiger partial charge in [-0.05, 0) is 42.5 Å². The third-order valence-corrected chi connectivity index (χ3v) is 5.10. The first-order valence-corrected chi connectivity index (χ1v) is 9.66. The zero-order valence-electron chi connectivity index (χ0n) is 16.6. The van der Waals surface area contributed by atoms with Crippen LogP contribution in [0.2, 0.25) is 0 Å². The van der Waals surface area contributed by atoms with Crippen molar-refractivity contribution < 1.29 is 13.9 Å². The molecule has 1 aliphatic rings. The number of rotatable bonds is 5. The predicted octanol–water partition coefficient (Wildman–Crippen LogP) is 3.48. The number of nitrogens with zero attached hydrogens (tertiary/aromatic N) is 3. The highest BCUT2D eigenvalue weighted by Crippen LogP contribution is 2.30. The summed E-state index contributed by atoms with van der Waals surface area (Å²) in [6.45, 7) is 1.09. The van der Waals surface area contributed by atoms with Crippen molar-refractivity contribution in [2.24, 2.45) is 0 Å². The Balaban J connectivity index is 1.41. The number of aromatic amines is 1. The van der Waals surface area contributed by atoms with Crippen molar-refractivity contribution in [1.29, 1.82) is 0 Å². The Morgan fingerprint density at radius 3 is 2.81 bits per heavy atom. The molecule has 156 valence electrons. The highest BCUT2D eigenvalue weighted by atomic mass is 19.1. The lowest BCUT2D eigenvalue weighted by Gasteiger charge is -2.32. The van der Waals surface area contributed by atoms with Gasteiger partial charge in [0, 0.05) is 16.5 Å². The highest BCUT2D eigenvalue weighted by Gasteiger charge is 2.22. The molecule has 8 nitrogen and oxygen atoms in total. The summed E-state index contributed by atoms with van der Waals surface area (Å²) in [6.07, 6.45) is 3.22. The van der Waals surface area contributed by atoms with Crippen molar-refractivity contribution in [2.75, 3.05) is 25.8 Å². The molecule has 1 saturated heterocycles. The minimum atomic E-state index is -0.293. The minimum absolute atomic E-state index is 0.0550. The van der Waals surface area contributed by atoms with Gasteiger partial charge in [-0.15, -0.1) is 0 Å². The van der Waals surface area contributed by atoms with Gasteiger partial charge in [0.25, 0.3) is 5.91 Å². The maximum atomic E-state index is 13.5. The number of H-pyrrole nitrogens is 1. The summed E-state index contributed by atoms with van der Waals surface area (Å²) >= 11 is 0. The first-order chi connectivity index (χ1) is 15.1. The van der Waals surface area contributed by atoms with Crippen LogP contribution in [0.5, 0.6) is 5.75 Å². The van der Waals surface area contributed by atoms with E-state index in [0.717, 1.165) is 16.6 Å². The number of nitrogens with one attached hydrogen (secondary N) is 3. The summed E-state index contributed by atoms with van der Waals surface area (Å²) in [7, 11) is 1.55. The summed E-state index contributed by atoms with van der Waals surface area (Å²) in [5, 5.41) is 6.99. The molecule has 0 saturated carbocycles. The molecule has 0 unspecified atom stereocenters. The maximum Gasteiger partial charge on any atom is 0.256 e. The summed E-state index contributed by atoms with van der Waals surface area (Å²) in [5.74, 6) is 0.680. The van der Waals surface area contributed by atoms with Gasteiger partial charge in [-0.3, -0.25) is 15.1 Å². The van der Waals surface area contributed by atoms with Crippen molar-refractivity contribution in [1.82, 2.24) is 25.2 Å². The number of ether oxygens (including phenoxy) is 1. The molecule has 2 aromatic carbocycles. The molecule has 0 bridgehead atoms. The van der Waals surface area contributed by atoms with E-state index < -0.39 is 0 Å². The van der Waals surface area contributed by atoms with Crippen LogP contribution in [-0.2, 0) is 0 Å². The lowest BCUT2D eigenvalue weighted by Crippen LogP contribution is -2.54. The Kier molecular flexibility index (Phi) is 4.72. The SMILES string of the molecule is COc1cc(C(=O)N2CNC2)ccc1Nc1cncc(-c2cc3cc(F)ccc3[nH]2)n1. The van der Waals surface area contributed by atoms with Crippen molar-refractivity contribution in [3.8, 4) is 17.1 Å². The second-order valence-corrected chi connectivity index (χ2v) is 7.16. The molecule has 3 N–H and O–H groups in total. The molecule has 0 aliphatic carbocycles. The van der Waals surface area contributed by atoms with Gasteiger partial charge >= 0.3 is 0 Å². The molecule has 5 rings (SSSR count). The number of hydrogen-bond acceptors (Lipinski definition) is 6. The van der Waals surface area contributed by atoms with Gasteiger partial charge in [-0.2, -0.15) is 0 Å². The van der Waals surface area contributed by atoms with E-state index >= 15 is 0 Å². The third-order valence-electron chi connectivity index (χ3n) is 5.10. The number of halogens is 1. The topological polar surface area (TPSA) is 95.2 Å². The van der Waals surface area contributed by atoms with Gasteiger partial charge in [-0.25, -0.2) is 9.37 Å². The fourth-order valence-corrected chi connectivity index (χ4v) is 3.41. The number of carbonyl (C=O) groups excluding carboxylic acids is 1. The smallest absolute Gasteiger partial charge is 0.256 e. The predicted molar refractivity (Wildman–Crippen MR) is 115 cm³/mol. The normalized spacial score (nSPS) is 13.2. The molecule has 3 heterocycles. The van der Waals surface area contributed by atoms with Crippen LogP contribution in [0.3, 0.4) is 0 Å². The second kappa shape index (κ2) is 7.69. The average molecular weight is 418 g/mol. The summed E-state index contributed by atoms with van der Waals surface area (Å²) in [6, 6.07) is 11.6. The fourth-order valence-electron chi connectivity index (χ4n) is 3.41. The minimum Gasteiger partial charge on any atom is -0.495 e. The lowest BCUT2D eigenvalue weighted by molar-refractivity contribution is 0.0582. The van der Waals surface area contributed by atoms with E-state index in [-0.39, 0.29) is 11.7 Å². The number of fused-ring (bicyclic) bond motifs is 1. The van der Waals surface area contributed by atoms with Crippen LogP contribution < -0.4 is 15.4 Å². The Bertz CT molecular complexity index is 1280. The van der Waals surface area contributed by atoms with Crippen LogP contribution >= 0.6 is 0 Å². The van der Waals surface area contributed by atoms with E-state index in [0.29, 0.717) is 41.8 Å². The van der Waals surface area contributed by atoms with Gasteiger partial charge in [0.15, 0.2) is 0 Å². The quantitative estimate of drug-likeness (QED) is 0.459. The monoisotopic (exact) mass is 418 g/mol. The van der Waals surface area contributed by atoms with Crippen molar-refractivity contribution in [3.05, 3.63) is 66.2 Å². The van der Waals surface area contributed by atoms with Gasteiger partial charge in [-0.1, -0.05) is 0 Å². The van der Waals surface area contributed by atoms with E-state index in [1.807, 2.05) is 6.07 Å². The number of carbonyl (C=O) groups is 1. The van der Waals surface area contributed by atoms with E-state index in [4.69, 9.17) is 4.74 Å². The Labute approximate surface area is 177 Å². The Hall–Kier alpha value is -3.98. The van der Waals surface area contributed by atoms with Crippen molar-refractivity contribution >= 4 is 28.3 Å². The average Bonchev–Trinajstić information content (AvgIpc) is 3.16. The number of benzene rings is 2. The zero-order valence-corrected chi connectivity index (χ0v) is 16.6. The number of anilines is 2. The molecular weight excluding hydrogens is 399 g/mol. The first kappa shape index (κ1) is 19.0.